The zero-order valence-electron chi connectivity index (χ0n) is 15.0. The Bertz CT molecular complexity index is 825. The first kappa shape index (κ1) is 17.9. The predicted molar refractivity (Wildman–Crippen MR) is 100 cm³/mol. The molecule has 2 aromatic carbocycles. The smallest absolute Gasteiger partial charge is 0.262 e. The van der Waals surface area contributed by atoms with Gasteiger partial charge in [-0.05, 0) is 37.1 Å². The molecule has 0 aromatic heterocycles. The quantitative estimate of drug-likeness (QED) is 0.806. The number of para-hydroxylation sites is 1. The highest BCUT2D eigenvalue weighted by Crippen LogP contribution is 2.27. The van der Waals surface area contributed by atoms with Crippen LogP contribution in [0.3, 0.4) is 0 Å². The second-order valence-corrected chi connectivity index (χ2v) is 6.49. The third-order valence-corrected chi connectivity index (χ3v) is 4.67. The summed E-state index contributed by atoms with van der Waals surface area (Å²) in [4.78, 5) is 39.6. The Hall–Kier alpha value is -2.95. The highest BCUT2D eigenvalue weighted by Gasteiger charge is 2.42. The lowest BCUT2D eigenvalue weighted by Gasteiger charge is -2.25. The normalized spacial score (nSPS) is 14.3. The van der Waals surface area contributed by atoms with Crippen molar-refractivity contribution in [3.63, 3.8) is 0 Å². The molecule has 0 spiro atoms. The highest BCUT2D eigenvalue weighted by atomic mass is 16.2. The number of unbranched alkanes of at least 4 members (excludes halogenated alkanes) is 1. The van der Waals surface area contributed by atoms with Crippen molar-refractivity contribution in [2.24, 2.45) is 0 Å². The Morgan fingerprint density at radius 2 is 1.58 bits per heavy atom. The topological polar surface area (TPSA) is 66.5 Å². The Morgan fingerprint density at radius 1 is 1.00 bits per heavy atom. The first-order valence-corrected chi connectivity index (χ1v) is 8.88. The van der Waals surface area contributed by atoms with Crippen LogP contribution in [0.4, 0.5) is 5.69 Å². The minimum atomic E-state index is -0.818. The summed E-state index contributed by atoms with van der Waals surface area (Å²) in [5.74, 6) is -1.12. The van der Waals surface area contributed by atoms with Crippen molar-refractivity contribution in [1.82, 2.24) is 4.90 Å². The van der Waals surface area contributed by atoms with E-state index in [9.17, 15) is 14.4 Å². The van der Waals surface area contributed by atoms with Crippen LogP contribution in [-0.4, -0.2) is 28.7 Å². The third kappa shape index (κ3) is 3.25. The van der Waals surface area contributed by atoms with Crippen LogP contribution < -0.4 is 5.32 Å². The molecule has 0 bridgehead atoms. The molecule has 1 N–H and O–H groups in total. The van der Waals surface area contributed by atoms with Gasteiger partial charge in [0.1, 0.15) is 6.04 Å². The number of hydrogen-bond acceptors (Lipinski definition) is 3. The SMILES string of the molecule is CCCC[C@@H](C(=O)Nc1ccccc1C)N1C(=O)c2ccccc2C1=O. The molecular weight excluding hydrogens is 328 g/mol. The lowest BCUT2D eigenvalue weighted by atomic mass is 10.1. The molecule has 3 rings (SSSR count). The summed E-state index contributed by atoms with van der Waals surface area (Å²) in [5, 5.41) is 2.88. The molecule has 5 heteroatoms. The predicted octanol–water partition coefficient (Wildman–Crippen LogP) is 3.79. The number of imide groups is 1. The number of amides is 3. The van der Waals surface area contributed by atoms with Crippen molar-refractivity contribution in [3.8, 4) is 0 Å². The molecule has 134 valence electrons. The lowest BCUT2D eigenvalue weighted by Crippen LogP contribution is -2.47. The molecule has 5 nitrogen and oxygen atoms in total. The number of hydrogen-bond donors (Lipinski definition) is 1. The standard InChI is InChI=1S/C21H22N2O3/c1-3-4-13-18(19(24)22-17-12-8-5-9-14(17)2)23-20(25)15-10-6-7-11-16(15)21(23)26/h5-12,18H,3-4,13H2,1-2H3,(H,22,24)/t18-/m0/s1. The average Bonchev–Trinajstić information content (AvgIpc) is 2.89. The van der Waals surface area contributed by atoms with E-state index in [1.165, 1.54) is 0 Å². The van der Waals surface area contributed by atoms with Crippen LogP contribution in [-0.2, 0) is 4.79 Å². The second kappa shape index (κ2) is 7.52. The van der Waals surface area contributed by atoms with Crippen LogP contribution in [0.2, 0.25) is 0 Å². The number of fused-ring (bicyclic) bond motifs is 1. The fourth-order valence-corrected chi connectivity index (χ4v) is 3.20. The van der Waals surface area contributed by atoms with Gasteiger partial charge in [0.15, 0.2) is 0 Å². The van der Waals surface area contributed by atoms with E-state index in [0.717, 1.165) is 23.3 Å². The molecule has 1 atom stereocenters. The molecule has 1 aliphatic rings. The van der Waals surface area contributed by atoms with Crippen LogP contribution in [0.1, 0.15) is 52.5 Å². The molecule has 0 saturated heterocycles. The molecule has 1 heterocycles. The summed E-state index contributed by atoms with van der Waals surface area (Å²) in [6.45, 7) is 3.91. The van der Waals surface area contributed by atoms with E-state index < -0.39 is 17.9 Å². The summed E-state index contributed by atoms with van der Waals surface area (Å²) >= 11 is 0. The van der Waals surface area contributed by atoms with Gasteiger partial charge in [-0.2, -0.15) is 0 Å². The Kier molecular flexibility index (Phi) is 5.16. The summed E-state index contributed by atoms with van der Waals surface area (Å²) in [5.41, 5.74) is 2.35. The average molecular weight is 350 g/mol. The van der Waals surface area contributed by atoms with Crippen molar-refractivity contribution in [2.75, 3.05) is 5.32 Å². The number of carbonyl (C=O) groups excluding carboxylic acids is 3. The zero-order valence-corrected chi connectivity index (χ0v) is 15.0. The van der Waals surface area contributed by atoms with Gasteiger partial charge in [-0.25, -0.2) is 0 Å². The van der Waals surface area contributed by atoms with Crippen LogP contribution >= 0.6 is 0 Å². The number of aryl methyl sites for hydroxylation is 1. The fraction of sp³-hybridized carbons (Fsp3) is 0.286. The van der Waals surface area contributed by atoms with E-state index in [4.69, 9.17) is 0 Å². The van der Waals surface area contributed by atoms with Crippen LogP contribution in [0.25, 0.3) is 0 Å². The molecule has 3 amide bonds. The number of benzene rings is 2. The minimum absolute atomic E-state index is 0.331. The van der Waals surface area contributed by atoms with Gasteiger partial charge in [0.2, 0.25) is 5.91 Å². The number of rotatable bonds is 6. The third-order valence-electron chi connectivity index (χ3n) is 4.67. The van der Waals surface area contributed by atoms with E-state index in [2.05, 4.69) is 5.32 Å². The monoisotopic (exact) mass is 350 g/mol. The second-order valence-electron chi connectivity index (χ2n) is 6.49. The van der Waals surface area contributed by atoms with Gasteiger partial charge in [-0.1, -0.05) is 50.1 Å². The maximum atomic E-state index is 12.9. The van der Waals surface area contributed by atoms with Gasteiger partial charge in [-0.3, -0.25) is 19.3 Å². The van der Waals surface area contributed by atoms with Gasteiger partial charge in [0.25, 0.3) is 11.8 Å². The van der Waals surface area contributed by atoms with Crippen LogP contribution in [0.15, 0.2) is 48.5 Å². The van der Waals surface area contributed by atoms with Crippen molar-refractivity contribution in [1.29, 1.82) is 0 Å². The summed E-state index contributed by atoms with van der Waals surface area (Å²) in [6, 6.07) is 13.3. The Morgan fingerprint density at radius 3 is 2.15 bits per heavy atom. The summed E-state index contributed by atoms with van der Waals surface area (Å²) in [7, 11) is 0. The van der Waals surface area contributed by atoms with E-state index in [1.54, 1.807) is 24.3 Å². The van der Waals surface area contributed by atoms with E-state index >= 15 is 0 Å². The molecule has 0 radical (unpaired) electrons. The lowest BCUT2D eigenvalue weighted by molar-refractivity contribution is -0.120. The van der Waals surface area contributed by atoms with Gasteiger partial charge in [0, 0.05) is 5.69 Å². The van der Waals surface area contributed by atoms with Crippen molar-refractivity contribution in [3.05, 3.63) is 65.2 Å². The molecule has 2 aromatic rings. The van der Waals surface area contributed by atoms with Crippen molar-refractivity contribution >= 4 is 23.4 Å². The minimum Gasteiger partial charge on any atom is -0.324 e. The molecule has 0 unspecified atom stereocenters. The first-order chi connectivity index (χ1) is 12.5. The largest absolute Gasteiger partial charge is 0.324 e. The number of carbonyl (C=O) groups is 3. The van der Waals surface area contributed by atoms with Crippen LogP contribution in [0, 0.1) is 6.92 Å². The Balaban J connectivity index is 1.89. The number of anilines is 1. The molecular formula is C21H22N2O3. The van der Waals surface area contributed by atoms with Gasteiger partial charge < -0.3 is 5.32 Å². The fourth-order valence-electron chi connectivity index (χ4n) is 3.20. The van der Waals surface area contributed by atoms with E-state index in [-0.39, 0.29) is 5.91 Å². The van der Waals surface area contributed by atoms with Crippen molar-refractivity contribution < 1.29 is 14.4 Å². The van der Waals surface area contributed by atoms with E-state index in [0.29, 0.717) is 23.2 Å². The molecule has 26 heavy (non-hydrogen) atoms. The maximum absolute atomic E-state index is 12.9. The van der Waals surface area contributed by atoms with Gasteiger partial charge >= 0.3 is 0 Å². The van der Waals surface area contributed by atoms with Crippen LogP contribution in [0.5, 0.6) is 0 Å². The molecule has 1 aliphatic heterocycles. The van der Waals surface area contributed by atoms with Gasteiger partial charge in [0.05, 0.1) is 11.1 Å². The maximum Gasteiger partial charge on any atom is 0.262 e. The highest BCUT2D eigenvalue weighted by molar-refractivity contribution is 6.23. The molecule has 0 aliphatic carbocycles. The molecule has 0 fully saturated rings. The Labute approximate surface area is 153 Å². The first-order valence-electron chi connectivity index (χ1n) is 8.88. The van der Waals surface area contributed by atoms with E-state index in [1.807, 2.05) is 38.1 Å². The summed E-state index contributed by atoms with van der Waals surface area (Å²) in [6.07, 6.45) is 2.07. The number of nitrogens with one attached hydrogen (secondary N) is 1. The summed E-state index contributed by atoms with van der Waals surface area (Å²) < 4.78 is 0. The number of nitrogens with zero attached hydrogens (tertiary/aromatic N) is 1. The van der Waals surface area contributed by atoms with Gasteiger partial charge in [-0.15, -0.1) is 0 Å². The zero-order chi connectivity index (χ0) is 18.7. The van der Waals surface area contributed by atoms with Crippen molar-refractivity contribution in [2.45, 2.75) is 39.2 Å². The molecule has 0 saturated carbocycles.